The Labute approximate surface area is 148 Å². The Hall–Kier alpha value is -3.55. The summed E-state index contributed by atoms with van der Waals surface area (Å²) >= 11 is 0. The van der Waals surface area contributed by atoms with Crippen molar-refractivity contribution < 1.29 is 19.8 Å². The molecule has 0 aliphatic rings. The standard InChI is InChI=1S/C18H16N4O4/c1-10-5-6-22-15(7-10)19-14(9-16(23)24)17(22)21-20-13-8-12(18(25)26)4-3-11(13)2/h3-8H,9H2,1-2H3,(H,23,24)(H,25,26). The lowest BCUT2D eigenvalue weighted by molar-refractivity contribution is -0.136. The molecule has 0 bridgehead atoms. The molecule has 0 aliphatic heterocycles. The average molecular weight is 352 g/mol. The number of aliphatic carboxylic acids is 1. The van der Waals surface area contributed by atoms with Crippen LogP contribution in [0.15, 0.2) is 46.8 Å². The Morgan fingerprint density at radius 3 is 2.58 bits per heavy atom. The molecule has 132 valence electrons. The van der Waals surface area contributed by atoms with Crippen molar-refractivity contribution in [1.82, 2.24) is 9.38 Å². The quantitative estimate of drug-likeness (QED) is 0.679. The lowest BCUT2D eigenvalue weighted by Gasteiger charge is -2.02. The molecule has 2 heterocycles. The van der Waals surface area contributed by atoms with Crippen LogP contribution in [-0.4, -0.2) is 31.5 Å². The van der Waals surface area contributed by atoms with Crippen LogP contribution in [0.25, 0.3) is 5.65 Å². The van der Waals surface area contributed by atoms with Gasteiger partial charge in [0.1, 0.15) is 5.65 Å². The number of azo groups is 1. The molecule has 8 nitrogen and oxygen atoms in total. The van der Waals surface area contributed by atoms with Crippen molar-refractivity contribution in [3.8, 4) is 0 Å². The third kappa shape index (κ3) is 3.44. The lowest BCUT2D eigenvalue weighted by Crippen LogP contribution is -2.00. The van der Waals surface area contributed by atoms with Crippen LogP contribution in [0.3, 0.4) is 0 Å². The van der Waals surface area contributed by atoms with E-state index < -0.39 is 11.9 Å². The third-order valence-electron chi connectivity index (χ3n) is 3.85. The Balaban J connectivity index is 2.10. The Morgan fingerprint density at radius 1 is 1.12 bits per heavy atom. The lowest BCUT2D eigenvalue weighted by atomic mass is 10.1. The number of pyridine rings is 1. The summed E-state index contributed by atoms with van der Waals surface area (Å²) in [6.07, 6.45) is 1.46. The normalized spacial score (nSPS) is 11.3. The first-order valence-corrected chi connectivity index (χ1v) is 7.80. The highest BCUT2D eigenvalue weighted by Gasteiger charge is 2.15. The fraction of sp³-hybridized carbons (Fsp3) is 0.167. The van der Waals surface area contributed by atoms with Crippen molar-refractivity contribution >= 4 is 29.1 Å². The minimum Gasteiger partial charge on any atom is -0.481 e. The Morgan fingerprint density at radius 2 is 1.88 bits per heavy atom. The highest BCUT2D eigenvalue weighted by Crippen LogP contribution is 2.27. The molecule has 0 saturated heterocycles. The Kier molecular flexibility index (Phi) is 4.49. The van der Waals surface area contributed by atoms with Crippen molar-refractivity contribution in [1.29, 1.82) is 0 Å². The van der Waals surface area contributed by atoms with E-state index in [-0.39, 0.29) is 12.0 Å². The number of imidazole rings is 1. The number of hydrogen-bond acceptors (Lipinski definition) is 5. The summed E-state index contributed by atoms with van der Waals surface area (Å²) in [5.74, 6) is -1.77. The van der Waals surface area contributed by atoms with Gasteiger partial charge in [0.25, 0.3) is 0 Å². The van der Waals surface area contributed by atoms with Gasteiger partial charge in [0.05, 0.1) is 23.4 Å². The maximum absolute atomic E-state index is 11.1. The number of hydrogen-bond donors (Lipinski definition) is 2. The second-order valence-electron chi connectivity index (χ2n) is 5.89. The third-order valence-corrected chi connectivity index (χ3v) is 3.85. The molecule has 0 aliphatic carbocycles. The van der Waals surface area contributed by atoms with E-state index in [9.17, 15) is 9.59 Å². The molecule has 8 heteroatoms. The molecular weight excluding hydrogens is 336 g/mol. The van der Waals surface area contributed by atoms with Crippen molar-refractivity contribution in [2.24, 2.45) is 10.2 Å². The van der Waals surface area contributed by atoms with Crippen molar-refractivity contribution in [2.75, 3.05) is 0 Å². The van der Waals surface area contributed by atoms with Crippen LogP contribution < -0.4 is 0 Å². The first kappa shape index (κ1) is 17.3. The number of aryl methyl sites for hydroxylation is 2. The monoisotopic (exact) mass is 352 g/mol. The van der Waals surface area contributed by atoms with Gasteiger partial charge in [-0.05, 0) is 49.2 Å². The van der Waals surface area contributed by atoms with E-state index in [0.29, 0.717) is 22.8 Å². The summed E-state index contributed by atoms with van der Waals surface area (Å²) in [5.41, 5.74) is 3.10. The largest absolute Gasteiger partial charge is 0.481 e. The molecule has 3 rings (SSSR count). The van der Waals surface area contributed by atoms with Crippen molar-refractivity contribution in [2.45, 2.75) is 20.3 Å². The topological polar surface area (TPSA) is 117 Å². The van der Waals surface area contributed by atoms with E-state index in [4.69, 9.17) is 10.2 Å². The minimum atomic E-state index is -1.06. The number of carbonyl (C=O) groups is 2. The first-order chi connectivity index (χ1) is 12.3. The number of aromatic nitrogens is 2. The fourth-order valence-corrected chi connectivity index (χ4v) is 2.50. The molecule has 0 unspecified atom stereocenters. The van der Waals surface area contributed by atoms with Crippen LogP contribution in [0.2, 0.25) is 0 Å². The summed E-state index contributed by atoms with van der Waals surface area (Å²) in [4.78, 5) is 26.6. The van der Waals surface area contributed by atoms with Crippen molar-refractivity contribution in [3.63, 3.8) is 0 Å². The molecular formula is C18H16N4O4. The summed E-state index contributed by atoms with van der Waals surface area (Å²) in [6, 6.07) is 8.23. The highest BCUT2D eigenvalue weighted by atomic mass is 16.4. The van der Waals surface area contributed by atoms with E-state index in [2.05, 4.69) is 15.2 Å². The maximum atomic E-state index is 11.1. The fourth-order valence-electron chi connectivity index (χ4n) is 2.50. The van der Waals surface area contributed by atoms with Gasteiger partial charge in [0, 0.05) is 6.20 Å². The number of benzene rings is 1. The number of carboxylic acid groups (broad SMARTS) is 2. The average Bonchev–Trinajstić information content (AvgIpc) is 2.89. The molecule has 0 atom stereocenters. The first-order valence-electron chi connectivity index (χ1n) is 7.80. The van der Waals surface area contributed by atoms with Crippen LogP contribution in [0, 0.1) is 13.8 Å². The van der Waals surface area contributed by atoms with Gasteiger partial charge in [-0.3, -0.25) is 9.20 Å². The van der Waals surface area contributed by atoms with Gasteiger partial charge < -0.3 is 10.2 Å². The smallest absolute Gasteiger partial charge is 0.335 e. The summed E-state index contributed by atoms with van der Waals surface area (Å²) in [7, 11) is 0. The molecule has 0 radical (unpaired) electrons. The zero-order chi connectivity index (χ0) is 18.8. The van der Waals surface area contributed by atoms with Gasteiger partial charge in [-0.2, -0.15) is 0 Å². The molecule has 0 spiro atoms. The summed E-state index contributed by atoms with van der Waals surface area (Å²) in [5, 5.41) is 26.5. The van der Waals surface area contributed by atoms with E-state index in [0.717, 1.165) is 11.1 Å². The second kappa shape index (κ2) is 6.75. The van der Waals surface area contributed by atoms with Crippen LogP contribution in [-0.2, 0) is 11.2 Å². The predicted molar refractivity (Wildman–Crippen MR) is 93.6 cm³/mol. The molecule has 2 N–H and O–H groups in total. The number of aromatic carboxylic acids is 1. The van der Waals surface area contributed by atoms with Gasteiger partial charge in [0.2, 0.25) is 0 Å². The van der Waals surface area contributed by atoms with Gasteiger partial charge in [-0.1, -0.05) is 6.07 Å². The van der Waals surface area contributed by atoms with E-state index >= 15 is 0 Å². The molecule has 0 amide bonds. The van der Waals surface area contributed by atoms with E-state index in [1.54, 1.807) is 23.6 Å². The number of nitrogens with zero attached hydrogens (tertiary/aromatic N) is 4. The minimum absolute atomic E-state index is 0.101. The zero-order valence-electron chi connectivity index (χ0n) is 14.2. The highest BCUT2D eigenvalue weighted by molar-refractivity contribution is 5.88. The summed E-state index contributed by atoms with van der Waals surface area (Å²) < 4.78 is 1.66. The molecule has 3 aromatic rings. The Bertz CT molecular complexity index is 1050. The van der Waals surface area contributed by atoms with Gasteiger partial charge >= 0.3 is 11.9 Å². The van der Waals surface area contributed by atoms with Gasteiger partial charge in [-0.25, -0.2) is 9.78 Å². The van der Waals surface area contributed by atoms with Crippen LogP contribution in [0.4, 0.5) is 11.5 Å². The van der Waals surface area contributed by atoms with E-state index in [1.165, 1.54) is 12.1 Å². The van der Waals surface area contributed by atoms with E-state index in [1.807, 2.05) is 19.1 Å². The van der Waals surface area contributed by atoms with Crippen LogP contribution in [0.5, 0.6) is 0 Å². The molecule has 1 aromatic carbocycles. The molecule has 0 saturated carbocycles. The SMILES string of the molecule is Cc1ccn2c(N=Nc3cc(C(=O)O)ccc3C)c(CC(=O)O)nc2c1. The number of carboxylic acids is 2. The number of fused-ring (bicyclic) bond motifs is 1. The van der Waals surface area contributed by atoms with Crippen LogP contribution >= 0.6 is 0 Å². The molecule has 26 heavy (non-hydrogen) atoms. The van der Waals surface area contributed by atoms with Gasteiger partial charge in [0.15, 0.2) is 5.82 Å². The second-order valence-corrected chi connectivity index (χ2v) is 5.89. The zero-order valence-corrected chi connectivity index (χ0v) is 14.2. The molecule has 2 aromatic heterocycles. The van der Waals surface area contributed by atoms with Crippen LogP contribution in [0.1, 0.15) is 27.2 Å². The maximum Gasteiger partial charge on any atom is 0.335 e. The number of rotatable bonds is 5. The van der Waals surface area contributed by atoms with Crippen molar-refractivity contribution in [3.05, 3.63) is 58.9 Å². The summed E-state index contributed by atoms with van der Waals surface area (Å²) in [6.45, 7) is 3.70. The predicted octanol–water partition coefficient (Wildman–Crippen LogP) is 3.69. The van der Waals surface area contributed by atoms with Gasteiger partial charge in [-0.15, -0.1) is 10.2 Å². The molecule has 0 fully saturated rings.